The Morgan fingerprint density at radius 2 is 1.80 bits per heavy atom. The fraction of sp³-hybridized carbons (Fsp3) is 0.242. The molecule has 41 heavy (non-hydrogen) atoms. The standard InChI is InChI=1S/C33H35N5O2S/c1-21-16-29(36-22(2)30-12-13-31(41-30)26-9-7-6-8-25(26)19-34-3)27-17-23(10-11-28(27)35-21)24-14-15-38(32(39)18-24)20-33(40)37(4)5/h6-18,22,34H,19-20H2,1-5H3,(H,35,36)/t22-/m1/s1. The van der Waals surface area contributed by atoms with Crippen molar-refractivity contribution in [3.63, 3.8) is 0 Å². The number of likely N-dealkylation sites (N-methyl/N-ethyl adjacent to an activating group) is 1. The maximum absolute atomic E-state index is 12.8. The number of hydrogen-bond donors (Lipinski definition) is 2. The van der Waals surface area contributed by atoms with Gasteiger partial charge in [-0.1, -0.05) is 30.3 Å². The predicted molar refractivity (Wildman–Crippen MR) is 169 cm³/mol. The number of amides is 1. The summed E-state index contributed by atoms with van der Waals surface area (Å²) < 4.78 is 1.43. The monoisotopic (exact) mass is 565 g/mol. The lowest BCUT2D eigenvalue weighted by atomic mass is 10.0. The summed E-state index contributed by atoms with van der Waals surface area (Å²) in [6, 6.07) is 24.6. The van der Waals surface area contributed by atoms with Gasteiger partial charge in [-0.15, -0.1) is 11.3 Å². The van der Waals surface area contributed by atoms with Crippen molar-refractivity contribution in [2.75, 3.05) is 26.5 Å². The van der Waals surface area contributed by atoms with E-state index in [4.69, 9.17) is 4.98 Å². The molecule has 0 spiro atoms. The van der Waals surface area contributed by atoms with Crippen LogP contribution >= 0.6 is 11.3 Å². The van der Waals surface area contributed by atoms with Gasteiger partial charge >= 0.3 is 0 Å². The zero-order chi connectivity index (χ0) is 29.1. The van der Waals surface area contributed by atoms with Gasteiger partial charge in [0.05, 0.1) is 11.6 Å². The number of anilines is 1. The van der Waals surface area contributed by atoms with Crippen LogP contribution in [0.4, 0.5) is 5.69 Å². The highest BCUT2D eigenvalue weighted by molar-refractivity contribution is 7.15. The lowest BCUT2D eigenvalue weighted by Gasteiger charge is -2.17. The number of aryl methyl sites for hydroxylation is 1. The number of benzene rings is 2. The van der Waals surface area contributed by atoms with Crippen molar-refractivity contribution in [2.24, 2.45) is 0 Å². The maximum Gasteiger partial charge on any atom is 0.251 e. The highest BCUT2D eigenvalue weighted by Crippen LogP contribution is 2.36. The maximum atomic E-state index is 12.8. The number of pyridine rings is 2. The molecule has 0 bridgehead atoms. The molecule has 0 fully saturated rings. The molecule has 5 aromatic rings. The topological polar surface area (TPSA) is 79.3 Å². The molecule has 0 radical (unpaired) electrons. The number of nitrogens with one attached hydrogen (secondary N) is 2. The van der Waals surface area contributed by atoms with Crippen molar-refractivity contribution < 1.29 is 4.79 Å². The Morgan fingerprint density at radius 3 is 2.56 bits per heavy atom. The van der Waals surface area contributed by atoms with Crippen LogP contribution in [0.1, 0.15) is 29.1 Å². The largest absolute Gasteiger partial charge is 0.377 e. The SMILES string of the molecule is CNCc1ccccc1-c1ccc([C@@H](C)Nc2cc(C)nc3ccc(-c4ccn(CC(=O)N(C)C)c(=O)c4)cc23)s1. The predicted octanol–water partition coefficient (Wildman–Crippen LogP) is 6.08. The summed E-state index contributed by atoms with van der Waals surface area (Å²) in [5, 5.41) is 7.98. The summed E-state index contributed by atoms with van der Waals surface area (Å²) in [4.78, 5) is 33.6. The van der Waals surface area contributed by atoms with E-state index in [0.29, 0.717) is 0 Å². The first-order valence-electron chi connectivity index (χ1n) is 13.6. The van der Waals surface area contributed by atoms with Gasteiger partial charge in [0, 0.05) is 59.4 Å². The van der Waals surface area contributed by atoms with Crippen molar-refractivity contribution in [3.8, 4) is 21.6 Å². The molecule has 1 atom stereocenters. The Hall–Kier alpha value is -4.27. The van der Waals surface area contributed by atoms with Crippen LogP contribution in [0.2, 0.25) is 0 Å². The van der Waals surface area contributed by atoms with Gasteiger partial charge in [0.15, 0.2) is 0 Å². The first-order chi connectivity index (χ1) is 19.7. The van der Waals surface area contributed by atoms with E-state index in [2.05, 4.69) is 66.1 Å². The van der Waals surface area contributed by atoms with E-state index in [9.17, 15) is 9.59 Å². The summed E-state index contributed by atoms with van der Waals surface area (Å²) in [6.07, 6.45) is 1.68. The minimum Gasteiger partial charge on any atom is -0.377 e. The first-order valence-corrected chi connectivity index (χ1v) is 14.5. The van der Waals surface area contributed by atoms with Crippen molar-refractivity contribution >= 4 is 33.8 Å². The molecular weight excluding hydrogens is 530 g/mol. The molecule has 0 aliphatic heterocycles. The number of thiophene rings is 1. The Labute approximate surface area is 244 Å². The van der Waals surface area contributed by atoms with Gasteiger partial charge in [0.2, 0.25) is 5.91 Å². The van der Waals surface area contributed by atoms with Crippen LogP contribution in [-0.4, -0.2) is 41.5 Å². The third-order valence-electron chi connectivity index (χ3n) is 7.15. The number of hydrogen-bond acceptors (Lipinski definition) is 6. The summed E-state index contributed by atoms with van der Waals surface area (Å²) in [7, 11) is 5.33. The Kier molecular flexibility index (Phi) is 8.33. The van der Waals surface area contributed by atoms with Crippen LogP contribution in [0, 0.1) is 6.92 Å². The van der Waals surface area contributed by atoms with Crippen LogP contribution in [0.3, 0.4) is 0 Å². The number of carbonyl (C=O) groups is 1. The average molecular weight is 566 g/mol. The molecular formula is C33H35N5O2S. The molecule has 0 aliphatic rings. The van der Waals surface area contributed by atoms with Crippen LogP contribution in [-0.2, 0) is 17.9 Å². The first kappa shape index (κ1) is 28.3. The van der Waals surface area contributed by atoms with Gasteiger partial charge in [0.25, 0.3) is 5.56 Å². The second-order valence-corrected chi connectivity index (χ2v) is 11.6. The second kappa shape index (κ2) is 12.1. The second-order valence-electron chi connectivity index (χ2n) is 10.5. The van der Waals surface area contributed by atoms with Gasteiger partial charge in [0.1, 0.15) is 6.54 Å². The van der Waals surface area contributed by atoms with E-state index >= 15 is 0 Å². The fourth-order valence-corrected chi connectivity index (χ4v) is 5.97. The quantitative estimate of drug-likeness (QED) is 0.226. The number of carbonyl (C=O) groups excluding carboxylic acids is 1. The molecule has 8 heteroatoms. The minimum atomic E-state index is -0.211. The van der Waals surface area contributed by atoms with Gasteiger partial charge in [-0.05, 0) is 79.5 Å². The molecule has 0 saturated heterocycles. The molecule has 210 valence electrons. The summed E-state index contributed by atoms with van der Waals surface area (Å²) in [5.41, 5.74) is 6.86. The number of fused-ring (bicyclic) bond motifs is 1. The average Bonchev–Trinajstić information content (AvgIpc) is 3.45. The summed E-state index contributed by atoms with van der Waals surface area (Å²) >= 11 is 1.80. The van der Waals surface area contributed by atoms with Gasteiger partial charge < -0.3 is 20.1 Å². The third-order valence-corrected chi connectivity index (χ3v) is 8.45. The normalized spacial score (nSPS) is 11.9. The fourth-order valence-electron chi connectivity index (χ4n) is 4.90. The molecule has 2 N–H and O–H groups in total. The zero-order valence-corrected chi connectivity index (χ0v) is 24.9. The Morgan fingerprint density at radius 1 is 1.02 bits per heavy atom. The van der Waals surface area contributed by atoms with Gasteiger partial charge in [-0.3, -0.25) is 14.6 Å². The van der Waals surface area contributed by atoms with Crippen molar-refractivity contribution in [1.82, 2.24) is 19.8 Å². The minimum absolute atomic E-state index is 0.0184. The molecule has 3 heterocycles. The highest BCUT2D eigenvalue weighted by atomic mass is 32.1. The smallest absolute Gasteiger partial charge is 0.251 e. The van der Waals surface area contributed by atoms with Gasteiger partial charge in [-0.25, -0.2) is 0 Å². The molecule has 0 saturated carbocycles. The molecule has 0 aliphatic carbocycles. The number of aromatic nitrogens is 2. The summed E-state index contributed by atoms with van der Waals surface area (Å²) in [6.45, 7) is 5.02. The number of nitrogens with zero attached hydrogens (tertiary/aromatic N) is 3. The molecule has 1 amide bonds. The Bertz CT molecular complexity index is 1770. The van der Waals surface area contributed by atoms with Crippen molar-refractivity contribution in [2.45, 2.75) is 33.0 Å². The van der Waals surface area contributed by atoms with E-state index in [1.165, 1.54) is 30.3 Å². The number of rotatable bonds is 9. The van der Waals surface area contributed by atoms with E-state index in [1.54, 1.807) is 37.7 Å². The van der Waals surface area contributed by atoms with E-state index in [-0.39, 0.29) is 24.1 Å². The Balaban J connectivity index is 1.44. The van der Waals surface area contributed by atoms with Gasteiger partial charge in [-0.2, -0.15) is 0 Å². The molecule has 2 aromatic carbocycles. The van der Waals surface area contributed by atoms with Crippen LogP contribution < -0.4 is 16.2 Å². The van der Waals surface area contributed by atoms with E-state index < -0.39 is 0 Å². The molecule has 3 aromatic heterocycles. The van der Waals surface area contributed by atoms with Crippen molar-refractivity contribution in [3.05, 3.63) is 105 Å². The molecule has 7 nitrogen and oxygen atoms in total. The lowest BCUT2D eigenvalue weighted by molar-refractivity contribution is -0.129. The van der Waals surface area contributed by atoms with Crippen LogP contribution in [0.5, 0.6) is 0 Å². The summed E-state index contributed by atoms with van der Waals surface area (Å²) in [5.74, 6) is -0.128. The van der Waals surface area contributed by atoms with Crippen molar-refractivity contribution in [1.29, 1.82) is 0 Å². The van der Waals surface area contributed by atoms with Crippen LogP contribution in [0.25, 0.3) is 32.5 Å². The lowest BCUT2D eigenvalue weighted by Crippen LogP contribution is -2.31. The zero-order valence-electron chi connectivity index (χ0n) is 24.1. The van der Waals surface area contributed by atoms with Crippen LogP contribution in [0.15, 0.2) is 83.8 Å². The third kappa shape index (κ3) is 6.24. The highest BCUT2D eigenvalue weighted by Gasteiger charge is 2.15. The molecule has 0 unspecified atom stereocenters. The van der Waals surface area contributed by atoms with E-state index in [0.717, 1.165) is 40.0 Å². The molecule has 5 rings (SSSR count). The van der Waals surface area contributed by atoms with E-state index in [1.807, 2.05) is 32.2 Å².